The monoisotopic (exact) mass is 553 g/mol. The first-order valence-corrected chi connectivity index (χ1v) is 13.0. The van der Waals surface area contributed by atoms with Crippen molar-refractivity contribution in [1.82, 2.24) is 9.73 Å². The summed E-state index contributed by atoms with van der Waals surface area (Å²) >= 11 is 3.31. The minimum atomic E-state index is -4.00. The van der Waals surface area contributed by atoms with Gasteiger partial charge in [-0.05, 0) is 43.2 Å². The van der Waals surface area contributed by atoms with Crippen LogP contribution in [0.2, 0.25) is 0 Å². The second kappa shape index (κ2) is 11.7. The first-order chi connectivity index (χ1) is 16.3. The number of phenolic OH excluding ortho intramolecular Hbond substituents is 1. The molecule has 0 heterocycles. The quantitative estimate of drug-likeness (QED) is 0.361. The van der Waals surface area contributed by atoms with Gasteiger partial charge < -0.3 is 14.6 Å². The molecule has 2 aromatic rings. The van der Waals surface area contributed by atoms with Crippen LogP contribution in [-0.4, -0.2) is 56.8 Å². The number of amides is 1. The van der Waals surface area contributed by atoms with E-state index in [1.165, 1.54) is 49.0 Å². The van der Waals surface area contributed by atoms with E-state index >= 15 is 0 Å². The summed E-state index contributed by atoms with van der Waals surface area (Å²) in [4.78, 5) is 12.7. The molecule has 0 unspecified atom stereocenters. The molecule has 184 valence electrons. The Morgan fingerprint density at radius 3 is 2.53 bits per heavy atom. The van der Waals surface area contributed by atoms with Crippen molar-refractivity contribution in [3.8, 4) is 17.2 Å². The van der Waals surface area contributed by atoms with Gasteiger partial charge in [-0.3, -0.25) is 4.79 Å². The van der Waals surface area contributed by atoms with Gasteiger partial charge in [-0.25, -0.2) is 13.8 Å². The smallest absolute Gasteiger partial charge is 0.255 e. The molecule has 0 saturated heterocycles. The summed E-state index contributed by atoms with van der Waals surface area (Å²) in [6, 6.07) is 8.88. The van der Waals surface area contributed by atoms with Gasteiger partial charge in [0.2, 0.25) is 10.0 Å². The number of phenols is 1. The molecule has 11 heteroatoms. The van der Waals surface area contributed by atoms with Crippen LogP contribution in [0.5, 0.6) is 17.2 Å². The summed E-state index contributed by atoms with van der Waals surface area (Å²) in [6.45, 7) is -0.386. The van der Waals surface area contributed by atoms with Gasteiger partial charge in [0.25, 0.3) is 5.91 Å². The maximum atomic E-state index is 13.6. The van der Waals surface area contributed by atoms with Crippen LogP contribution in [0.3, 0.4) is 0 Å². The third-order valence-corrected chi connectivity index (χ3v) is 8.01. The number of rotatable bonds is 9. The van der Waals surface area contributed by atoms with Crippen molar-refractivity contribution >= 4 is 38.1 Å². The summed E-state index contributed by atoms with van der Waals surface area (Å²) in [6.07, 6.45) is 5.47. The van der Waals surface area contributed by atoms with E-state index in [-0.39, 0.29) is 29.0 Å². The zero-order chi connectivity index (χ0) is 24.7. The van der Waals surface area contributed by atoms with Crippen molar-refractivity contribution < 1.29 is 27.8 Å². The Kier molecular flexibility index (Phi) is 8.92. The van der Waals surface area contributed by atoms with Gasteiger partial charge in [-0.2, -0.15) is 9.41 Å². The molecular formula is C23H28BrN3O6S. The molecule has 34 heavy (non-hydrogen) atoms. The maximum Gasteiger partial charge on any atom is 0.255 e. The number of nitrogens with zero attached hydrogens (tertiary/aromatic N) is 2. The van der Waals surface area contributed by atoms with Crippen LogP contribution in [-0.2, 0) is 14.8 Å². The van der Waals surface area contributed by atoms with Crippen LogP contribution in [0.1, 0.15) is 37.7 Å². The average molecular weight is 554 g/mol. The highest BCUT2D eigenvalue weighted by molar-refractivity contribution is 9.10. The molecule has 3 rings (SSSR count). The number of ether oxygens (including phenoxy) is 2. The number of carbonyl (C=O) groups excluding carboxylic acids is 1. The Morgan fingerprint density at radius 1 is 1.15 bits per heavy atom. The fourth-order valence-electron chi connectivity index (χ4n) is 3.87. The van der Waals surface area contributed by atoms with Crippen molar-refractivity contribution in [2.45, 2.75) is 43.0 Å². The number of methoxy groups -OCH3 is 2. The lowest BCUT2D eigenvalue weighted by molar-refractivity contribution is -0.121. The largest absolute Gasteiger partial charge is 0.507 e. The van der Waals surface area contributed by atoms with Gasteiger partial charge in [0.05, 0.1) is 31.9 Å². The second-order valence-electron chi connectivity index (χ2n) is 7.86. The van der Waals surface area contributed by atoms with Crippen LogP contribution in [0.15, 0.2) is 50.9 Å². The van der Waals surface area contributed by atoms with Gasteiger partial charge in [-0.15, -0.1) is 0 Å². The van der Waals surface area contributed by atoms with E-state index in [2.05, 4.69) is 26.5 Å². The zero-order valence-corrected chi connectivity index (χ0v) is 21.4. The number of hydrogen-bond acceptors (Lipinski definition) is 7. The number of carbonyl (C=O) groups is 1. The van der Waals surface area contributed by atoms with Gasteiger partial charge in [0, 0.05) is 22.1 Å². The molecule has 1 aliphatic rings. The van der Waals surface area contributed by atoms with Crippen molar-refractivity contribution in [1.29, 1.82) is 0 Å². The predicted octanol–water partition coefficient (Wildman–Crippen LogP) is 3.65. The summed E-state index contributed by atoms with van der Waals surface area (Å²) in [7, 11) is -1.10. The predicted molar refractivity (Wildman–Crippen MR) is 132 cm³/mol. The van der Waals surface area contributed by atoms with Crippen molar-refractivity contribution in [2.24, 2.45) is 5.10 Å². The minimum Gasteiger partial charge on any atom is -0.507 e. The molecule has 0 bridgehead atoms. The Labute approximate surface area is 207 Å². The van der Waals surface area contributed by atoms with Gasteiger partial charge in [0.15, 0.2) is 11.5 Å². The number of hydrogen-bond donors (Lipinski definition) is 2. The number of nitrogens with one attached hydrogen (secondary N) is 1. The van der Waals surface area contributed by atoms with E-state index in [4.69, 9.17) is 9.47 Å². The summed E-state index contributed by atoms with van der Waals surface area (Å²) < 4.78 is 39.6. The molecule has 0 spiro atoms. The van der Waals surface area contributed by atoms with Crippen LogP contribution in [0.25, 0.3) is 0 Å². The van der Waals surface area contributed by atoms with Crippen LogP contribution >= 0.6 is 15.9 Å². The number of aromatic hydroxyl groups is 1. The average Bonchev–Trinajstić information content (AvgIpc) is 2.84. The second-order valence-corrected chi connectivity index (χ2v) is 10.7. The topological polar surface area (TPSA) is 118 Å². The molecule has 1 saturated carbocycles. The van der Waals surface area contributed by atoms with Crippen LogP contribution < -0.4 is 14.9 Å². The highest BCUT2D eigenvalue weighted by atomic mass is 79.9. The zero-order valence-electron chi connectivity index (χ0n) is 19.0. The third-order valence-electron chi connectivity index (χ3n) is 5.63. The first-order valence-electron chi connectivity index (χ1n) is 10.8. The van der Waals surface area contributed by atoms with Gasteiger partial charge >= 0.3 is 0 Å². The summed E-state index contributed by atoms with van der Waals surface area (Å²) in [5, 5.41) is 13.8. The molecule has 2 aromatic carbocycles. The standard InChI is InChI=1S/C23H28BrN3O6S/c1-32-21-11-9-19(13-22(21)33-2)34(30,31)27(18-6-4-3-5-7-18)15-23(29)26-25-14-16-12-17(24)8-10-20(16)28/h8-14,18,28H,3-7,15H2,1-2H3,(H,26,29)/b25-14-. The van der Waals surface area contributed by atoms with E-state index in [1.54, 1.807) is 12.1 Å². The highest BCUT2D eigenvalue weighted by Gasteiger charge is 2.34. The molecule has 0 radical (unpaired) electrons. The number of sulfonamides is 1. The van der Waals surface area contributed by atoms with Crippen molar-refractivity contribution in [3.63, 3.8) is 0 Å². The SMILES string of the molecule is COc1ccc(S(=O)(=O)N(CC(=O)N/N=C\c2cc(Br)ccc2O)C2CCCCC2)cc1OC. The Morgan fingerprint density at radius 2 is 1.85 bits per heavy atom. The number of halogens is 1. The molecule has 9 nitrogen and oxygen atoms in total. The van der Waals surface area contributed by atoms with E-state index in [0.717, 1.165) is 23.7 Å². The van der Waals surface area contributed by atoms with Crippen molar-refractivity contribution in [3.05, 3.63) is 46.4 Å². The number of benzene rings is 2. The molecule has 1 amide bonds. The van der Waals surface area contributed by atoms with Gasteiger partial charge in [-0.1, -0.05) is 35.2 Å². The Bertz CT molecular complexity index is 1150. The summed E-state index contributed by atoms with van der Waals surface area (Å²) in [5.74, 6) is 0.116. The van der Waals surface area contributed by atoms with Gasteiger partial charge in [0.1, 0.15) is 5.75 Å². The summed E-state index contributed by atoms with van der Waals surface area (Å²) in [5.41, 5.74) is 2.76. The minimum absolute atomic E-state index is 0.000983. The Hall–Kier alpha value is -2.63. The van der Waals surface area contributed by atoms with Crippen LogP contribution in [0.4, 0.5) is 0 Å². The normalized spacial score (nSPS) is 14.9. The molecule has 2 N–H and O–H groups in total. The van der Waals surface area contributed by atoms with E-state index < -0.39 is 15.9 Å². The highest BCUT2D eigenvalue weighted by Crippen LogP contribution is 2.33. The molecule has 1 aliphatic carbocycles. The van der Waals surface area contributed by atoms with Crippen LogP contribution in [0, 0.1) is 0 Å². The fraction of sp³-hybridized carbons (Fsp3) is 0.391. The first kappa shape index (κ1) is 26.0. The lowest BCUT2D eigenvalue weighted by Gasteiger charge is -2.32. The lowest BCUT2D eigenvalue weighted by Crippen LogP contribution is -2.46. The Balaban J connectivity index is 1.82. The van der Waals surface area contributed by atoms with E-state index in [9.17, 15) is 18.3 Å². The van der Waals surface area contributed by atoms with E-state index in [1.807, 2.05) is 0 Å². The fourth-order valence-corrected chi connectivity index (χ4v) is 5.91. The lowest BCUT2D eigenvalue weighted by atomic mass is 9.95. The third kappa shape index (κ3) is 6.28. The van der Waals surface area contributed by atoms with Crippen molar-refractivity contribution in [2.75, 3.05) is 20.8 Å². The molecular weight excluding hydrogens is 526 g/mol. The maximum absolute atomic E-state index is 13.6. The molecule has 1 fully saturated rings. The van der Waals surface area contributed by atoms with E-state index in [0.29, 0.717) is 24.2 Å². The molecule has 0 aromatic heterocycles. The molecule has 0 aliphatic heterocycles. The number of hydrazone groups is 1. The molecule has 0 atom stereocenters.